The Balaban J connectivity index is 1.87. The van der Waals surface area contributed by atoms with Gasteiger partial charge in [-0.3, -0.25) is 0 Å². The highest BCUT2D eigenvalue weighted by molar-refractivity contribution is 5.75. The highest BCUT2D eigenvalue weighted by Gasteiger charge is 2.18. The number of anilines is 1. The molecular weight excluding hydrogens is 200 g/mol. The van der Waals surface area contributed by atoms with Gasteiger partial charge in [0.15, 0.2) is 0 Å². The predicted octanol–water partition coefficient (Wildman–Crippen LogP) is 2.19. The van der Waals surface area contributed by atoms with Crippen molar-refractivity contribution in [3.63, 3.8) is 0 Å². The average molecular weight is 216 g/mol. The first-order valence-corrected chi connectivity index (χ1v) is 5.88. The van der Waals surface area contributed by atoms with Crippen LogP contribution < -0.4 is 4.90 Å². The van der Waals surface area contributed by atoms with Crippen molar-refractivity contribution in [3.8, 4) is 0 Å². The number of nitrogens with one attached hydrogen (secondary N) is 1. The molecule has 0 aliphatic carbocycles. The Kier molecular flexibility index (Phi) is 2.27. The smallest absolute Gasteiger partial charge is 0.227 e. The fourth-order valence-electron chi connectivity index (χ4n) is 2.19. The van der Waals surface area contributed by atoms with Crippen LogP contribution in [-0.2, 0) is 0 Å². The third-order valence-corrected chi connectivity index (χ3v) is 3.35. The van der Waals surface area contributed by atoms with Gasteiger partial charge in [-0.05, 0) is 24.8 Å². The standard InChI is InChI=1S/C12H16N4/c1-9-3-6-16(7-4-9)12-14-8-10-2-5-13-11(10)15-12/h2,5,8-9H,3-4,6-7H2,1H3,(H,13,14,15). The number of hydrogen-bond acceptors (Lipinski definition) is 3. The lowest BCUT2D eigenvalue weighted by Crippen LogP contribution is -2.34. The van der Waals surface area contributed by atoms with Crippen LogP contribution in [-0.4, -0.2) is 28.0 Å². The Morgan fingerprint density at radius 3 is 3.00 bits per heavy atom. The molecule has 0 amide bonds. The second-order valence-electron chi connectivity index (χ2n) is 4.62. The normalized spacial score (nSPS) is 18.2. The van der Waals surface area contributed by atoms with Gasteiger partial charge >= 0.3 is 0 Å². The van der Waals surface area contributed by atoms with Gasteiger partial charge in [0.1, 0.15) is 5.65 Å². The molecular formula is C12H16N4. The number of aromatic nitrogens is 3. The van der Waals surface area contributed by atoms with Gasteiger partial charge in [0.05, 0.1) is 0 Å². The van der Waals surface area contributed by atoms with E-state index >= 15 is 0 Å². The van der Waals surface area contributed by atoms with E-state index in [2.05, 4.69) is 26.8 Å². The molecule has 1 aliphatic rings. The first-order chi connectivity index (χ1) is 7.83. The zero-order valence-corrected chi connectivity index (χ0v) is 9.48. The summed E-state index contributed by atoms with van der Waals surface area (Å²) in [4.78, 5) is 14.4. The second-order valence-corrected chi connectivity index (χ2v) is 4.62. The van der Waals surface area contributed by atoms with Crippen molar-refractivity contribution in [1.82, 2.24) is 15.0 Å². The topological polar surface area (TPSA) is 44.8 Å². The van der Waals surface area contributed by atoms with Crippen LogP contribution in [0.15, 0.2) is 18.5 Å². The molecule has 84 valence electrons. The molecule has 0 aromatic carbocycles. The molecule has 0 spiro atoms. The molecule has 2 aromatic heterocycles. The molecule has 4 heteroatoms. The number of fused-ring (bicyclic) bond motifs is 1. The fourth-order valence-corrected chi connectivity index (χ4v) is 2.19. The summed E-state index contributed by atoms with van der Waals surface area (Å²) >= 11 is 0. The van der Waals surface area contributed by atoms with Crippen LogP contribution in [0.5, 0.6) is 0 Å². The number of rotatable bonds is 1. The van der Waals surface area contributed by atoms with Gasteiger partial charge in [0, 0.05) is 30.9 Å². The molecule has 3 rings (SSSR count). The Bertz CT molecular complexity index is 482. The molecule has 1 fully saturated rings. The number of nitrogens with zero attached hydrogens (tertiary/aromatic N) is 3. The molecule has 0 saturated carbocycles. The van der Waals surface area contributed by atoms with E-state index in [9.17, 15) is 0 Å². The predicted molar refractivity (Wildman–Crippen MR) is 64.5 cm³/mol. The third kappa shape index (κ3) is 1.64. The van der Waals surface area contributed by atoms with E-state index < -0.39 is 0 Å². The zero-order chi connectivity index (χ0) is 11.0. The van der Waals surface area contributed by atoms with Gasteiger partial charge < -0.3 is 9.88 Å². The van der Waals surface area contributed by atoms with Crippen LogP contribution in [0.4, 0.5) is 5.95 Å². The summed E-state index contributed by atoms with van der Waals surface area (Å²) in [5, 5.41) is 1.08. The summed E-state index contributed by atoms with van der Waals surface area (Å²) in [5.74, 6) is 1.70. The quantitative estimate of drug-likeness (QED) is 0.794. The second kappa shape index (κ2) is 3.77. The highest BCUT2D eigenvalue weighted by atomic mass is 15.3. The maximum Gasteiger partial charge on any atom is 0.227 e. The number of H-pyrrole nitrogens is 1. The number of hydrogen-bond donors (Lipinski definition) is 1. The number of piperidine rings is 1. The van der Waals surface area contributed by atoms with Crippen molar-refractivity contribution in [2.24, 2.45) is 5.92 Å². The molecule has 2 aromatic rings. The third-order valence-electron chi connectivity index (χ3n) is 3.35. The van der Waals surface area contributed by atoms with Crippen LogP contribution in [0.3, 0.4) is 0 Å². The summed E-state index contributed by atoms with van der Waals surface area (Å²) in [6.07, 6.45) is 6.28. The molecule has 16 heavy (non-hydrogen) atoms. The molecule has 0 bridgehead atoms. The van der Waals surface area contributed by atoms with Crippen LogP contribution in [0.25, 0.3) is 11.0 Å². The Morgan fingerprint density at radius 1 is 1.38 bits per heavy atom. The molecule has 1 saturated heterocycles. The van der Waals surface area contributed by atoms with E-state index in [1.165, 1.54) is 12.8 Å². The van der Waals surface area contributed by atoms with E-state index in [0.717, 1.165) is 36.0 Å². The summed E-state index contributed by atoms with van der Waals surface area (Å²) in [7, 11) is 0. The summed E-state index contributed by atoms with van der Waals surface area (Å²) in [6.45, 7) is 4.47. The van der Waals surface area contributed by atoms with E-state index in [-0.39, 0.29) is 0 Å². The van der Waals surface area contributed by atoms with Gasteiger partial charge in [-0.2, -0.15) is 4.98 Å². The van der Waals surface area contributed by atoms with Gasteiger partial charge in [-0.1, -0.05) is 6.92 Å². The van der Waals surface area contributed by atoms with Crippen LogP contribution in [0.2, 0.25) is 0 Å². The minimum Gasteiger partial charge on any atom is -0.346 e. The van der Waals surface area contributed by atoms with Crippen LogP contribution in [0, 0.1) is 5.92 Å². The van der Waals surface area contributed by atoms with Crippen molar-refractivity contribution in [3.05, 3.63) is 18.5 Å². The average Bonchev–Trinajstić information content (AvgIpc) is 2.77. The first kappa shape index (κ1) is 9.63. The summed E-state index contributed by atoms with van der Waals surface area (Å²) in [5.41, 5.74) is 0.934. The Hall–Kier alpha value is -1.58. The lowest BCUT2D eigenvalue weighted by atomic mass is 10.00. The van der Waals surface area contributed by atoms with Gasteiger partial charge in [0.2, 0.25) is 5.95 Å². The molecule has 4 nitrogen and oxygen atoms in total. The lowest BCUT2D eigenvalue weighted by Gasteiger charge is -2.30. The fraction of sp³-hybridized carbons (Fsp3) is 0.500. The van der Waals surface area contributed by atoms with Gasteiger partial charge in [-0.25, -0.2) is 4.98 Å². The Labute approximate surface area is 94.7 Å². The van der Waals surface area contributed by atoms with E-state index in [1.807, 2.05) is 18.5 Å². The van der Waals surface area contributed by atoms with Crippen molar-refractivity contribution in [2.45, 2.75) is 19.8 Å². The lowest BCUT2D eigenvalue weighted by molar-refractivity contribution is 0.434. The summed E-state index contributed by atoms with van der Waals surface area (Å²) < 4.78 is 0. The molecule has 1 N–H and O–H groups in total. The molecule has 0 unspecified atom stereocenters. The molecule has 3 heterocycles. The molecule has 1 aliphatic heterocycles. The van der Waals surface area contributed by atoms with Crippen molar-refractivity contribution in [1.29, 1.82) is 0 Å². The summed E-state index contributed by atoms with van der Waals surface area (Å²) in [6, 6.07) is 2.00. The van der Waals surface area contributed by atoms with E-state index in [1.54, 1.807) is 0 Å². The minimum atomic E-state index is 0.838. The van der Waals surface area contributed by atoms with Crippen molar-refractivity contribution in [2.75, 3.05) is 18.0 Å². The maximum absolute atomic E-state index is 4.54. The Morgan fingerprint density at radius 2 is 2.19 bits per heavy atom. The number of aromatic amines is 1. The monoisotopic (exact) mass is 216 g/mol. The van der Waals surface area contributed by atoms with Gasteiger partial charge in [0.25, 0.3) is 0 Å². The van der Waals surface area contributed by atoms with Crippen LogP contribution >= 0.6 is 0 Å². The van der Waals surface area contributed by atoms with E-state index in [0.29, 0.717) is 0 Å². The minimum absolute atomic E-state index is 0.838. The first-order valence-electron chi connectivity index (χ1n) is 5.88. The SMILES string of the molecule is CC1CCN(c2ncc3cc[nH]c3n2)CC1. The molecule has 0 radical (unpaired) electrons. The maximum atomic E-state index is 4.54. The van der Waals surface area contributed by atoms with Crippen molar-refractivity contribution >= 4 is 17.0 Å². The zero-order valence-electron chi connectivity index (χ0n) is 9.48. The highest BCUT2D eigenvalue weighted by Crippen LogP contribution is 2.21. The van der Waals surface area contributed by atoms with Crippen molar-refractivity contribution < 1.29 is 0 Å². The van der Waals surface area contributed by atoms with Crippen LogP contribution in [0.1, 0.15) is 19.8 Å². The molecule has 0 atom stereocenters. The van der Waals surface area contributed by atoms with Gasteiger partial charge in [-0.15, -0.1) is 0 Å². The van der Waals surface area contributed by atoms with E-state index in [4.69, 9.17) is 0 Å². The largest absolute Gasteiger partial charge is 0.346 e.